The first-order valence-electron chi connectivity index (χ1n) is 7.44. The Morgan fingerprint density at radius 3 is 2.35 bits per heavy atom. The molecule has 0 aromatic carbocycles. The lowest BCUT2D eigenvalue weighted by Crippen LogP contribution is -2.28. The van der Waals surface area contributed by atoms with Crippen molar-refractivity contribution >= 4 is 21.6 Å². The SMILES string of the molecule is CCn1nc(C)c(S(=O)(=O)N(C)Cc2c(Cl)cnn2CC)c1C. The fourth-order valence-electron chi connectivity index (χ4n) is 2.63. The molecule has 0 fully saturated rings. The van der Waals surface area contributed by atoms with Gasteiger partial charge in [-0.25, -0.2) is 8.42 Å². The van der Waals surface area contributed by atoms with Crippen LogP contribution in [0.5, 0.6) is 0 Å². The van der Waals surface area contributed by atoms with E-state index in [1.54, 1.807) is 30.3 Å². The van der Waals surface area contributed by atoms with Crippen molar-refractivity contribution in [2.75, 3.05) is 7.05 Å². The molecule has 0 unspecified atom stereocenters. The standard InChI is InChI=1S/C14H22ClN5O2S/c1-6-19-11(4)14(10(3)17-19)23(21,22)18(5)9-13-12(15)8-16-20(13)7-2/h8H,6-7,9H2,1-5H3. The normalized spacial score (nSPS) is 12.3. The quantitative estimate of drug-likeness (QED) is 0.792. The van der Waals surface area contributed by atoms with E-state index in [1.165, 1.54) is 10.5 Å². The largest absolute Gasteiger partial charge is 0.268 e. The molecule has 128 valence electrons. The Morgan fingerprint density at radius 2 is 1.83 bits per heavy atom. The van der Waals surface area contributed by atoms with Gasteiger partial charge in [-0.1, -0.05) is 11.6 Å². The van der Waals surface area contributed by atoms with E-state index >= 15 is 0 Å². The molecule has 2 aromatic heterocycles. The molecule has 7 nitrogen and oxygen atoms in total. The third-order valence-corrected chi connectivity index (χ3v) is 6.22. The first kappa shape index (κ1) is 18.0. The lowest BCUT2D eigenvalue weighted by molar-refractivity contribution is 0.446. The minimum atomic E-state index is -3.66. The molecule has 0 radical (unpaired) electrons. The van der Waals surface area contributed by atoms with Crippen molar-refractivity contribution in [3.63, 3.8) is 0 Å². The van der Waals surface area contributed by atoms with Crippen LogP contribution in [0.4, 0.5) is 0 Å². The van der Waals surface area contributed by atoms with Crippen LogP contribution in [-0.4, -0.2) is 39.3 Å². The molecule has 0 spiro atoms. The summed E-state index contributed by atoms with van der Waals surface area (Å²) in [6.07, 6.45) is 1.53. The Morgan fingerprint density at radius 1 is 1.22 bits per heavy atom. The van der Waals surface area contributed by atoms with E-state index in [1.807, 2.05) is 13.8 Å². The average molecular weight is 360 g/mol. The minimum Gasteiger partial charge on any atom is -0.268 e. The molecule has 0 aliphatic rings. The van der Waals surface area contributed by atoms with Crippen molar-refractivity contribution in [2.24, 2.45) is 0 Å². The van der Waals surface area contributed by atoms with Gasteiger partial charge in [0, 0.05) is 20.1 Å². The molecule has 0 amide bonds. The van der Waals surface area contributed by atoms with Gasteiger partial charge in [0.15, 0.2) is 0 Å². The molecule has 23 heavy (non-hydrogen) atoms. The second kappa shape index (κ2) is 6.62. The summed E-state index contributed by atoms with van der Waals surface area (Å²) in [5.74, 6) is 0. The summed E-state index contributed by atoms with van der Waals surface area (Å²) in [7, 11) is -2.11. The second-order valence-electron chi connectivity index (χ2n) is 5.33. The zero-order valence-electron chi connectivity index (χ0n) is 14.0. The number of aromatic nitrogens is 4. The second-order valence-corrected chi connectivity index (χ2v) is 7.72. The Bertz CT molecular complexity index is 809. The van der Waals surface area contributed by atoms with Gasteiger partial charge in [0.2, 0.25) is 10.0 Å². The Hall–Kier alpha value is -1.38. The predicted molar refractivity (Wildman–Crippen MR) is 88.9 cm³/mol. The van der Waals surface area contributed by atoms with E-state index in [9.17, 15) is 8.42 Å². The van der Waals surface area contributed by atoms with Gasteiger partial charge >= 0.3 is 0 Å². The zero-order valence-corrected chi connectivity index (χ0v) is 15.6. The number of aryl methyl sites for hydroxylation is 3. The van der Waals surface area contributed by atoms with Crippen LogP contribution in [0.2, 0.25) is 5.02 Å². The molecule has 2 heterocycles. The maximum absolute atomic E-state index is 12.9. The average Bonchev–Trinajstić information content (AvgIpc) is 2.99. The van der Waals surface area contributed by atoms with Crippen LogP contribution < -0.4 is 0 Å². The van der Waals surface area contributed by atoms with E-state index in [0.717, 1.165) is 0 Å². The van der Waals surface area contributed by atoms with E-state index < -0.39 is 10.0 Å². The van der Waals surface area contributed by atoms with E-state index in [2.05, 4.69) is 10.2 Å². The van der Waals surface area contributed by atoms with E-state index in [0.29, 0.717) is 35.2 Å². The number of hydrogen-bond acceptors (Lipinski definition) is 4. The van der Waals surface area contributed by atoms with Crippen molar-refractivity contribution in [3.8, 4) is 0 Å². The van der Waals surface area contributed by atoms with Crippen molar-refractivity contribution < 1.29 is 8.42 Å². The molecular weight excluding hydrogens is 338 g/mol. The molecule has 2 aromatic rings. The van der Waals surface area contributed by atoms with E-state index in [4.69, 9.17) is 11.6 Å². The number of halogens is 1. The predicted octanol–water partition coefficient (Wildman–Crippen LogP) is 2.21. The van der Waals surface area contributed by atoms with Crippen molar-refractivity contribution in [1.29, 1.82) is 0 Å². The van der Waals surface area contributed by atoms with Crippen LogP contribution >= 0.6 is 11.6 Å². The molecular formula is C14H22ClN5O2S. The van der Waals surface area contributed by atoms with Gasteiger partial charge in [0.1, 0.15) is 4.90 Å². The van der Waals surface area contributed by atoms with Gasteiger partial charge in [-0.3, -0.25) is 9.36 Å². The molecule has 9 heteroatoms. The van der Waals surface area contributed by atoms with Crippen LogP contribution in [0.15, 0.2) is 11.1 Å². The molecule has 0 saturated heterocycles. The molecule has 0 saturated carbocycles. The third kappa shape index (κ3) is 3.15. The first-order valence-corrected chi connectivity index (χ1v) is 9.26. The number of rotatable bonds is 6. The molecule has 0 N–H and O–H groups in total. The van der Waals surface area contributed by atoms with Crippen LogP contribution in [-0.2, 0) is 29.7 Å². The van der Waals surface area contributed by atoms with Crippen molar-refractivity contribution in [1.82, 2.24) is 23.9 Å². The summed E-state index contributed by atoms with van der Waals surface area (Å²) in [5, 5.41) is 8.90. The Kier molecular flexibility index (Phi) is 5.17. The monoisotopic (exact) mass is 359 g/mol. The lowest BCUT2D eigenvalue weighted by atomic mass is 10.4. The lowest BCUT2D eigenvalue weighted by Gasteiger charge is -2.18. The maximum atomic E-state index is 12.9. The Labute approximate surface area is 141 Å². The van der Waals surface area contributed by atoms with E-state index in [-0.39, 0.29) is 11.4 Å². The topological polar surface area (TPSA) is 73.0 Å². The molecule has 0 atom stereocenters. The fourth-order valence-corrected chi connectivity index (χ4v) is 4.33. The summed E-state index contributed by atoms with van der Waals surface area (Å²) < 4.78 is 30.6. The first-order chi connectivity index (χ1) is 10.7. The molecule has 0 aliphatic carbocycles. The number of nitrogens with zero attached hydrogens (tertiary/aromatic N) is 5. The van der Waals surface area contributed by atoms with Gasteiger partial charge in [-0.05, 0) is 27.7 Å². The summed E-state index contributed by atoms with van der Waals surface area (Å²) >= 11 is 6.13. The highest BCUT2D eigenvalue weighted by atomic mass is 35.5. The van der Waals surface area contributed by atoms with Crippen molar-refractivity contribution in [3.05, 3.63) is 28.3 Å². The highest BCUT2D eigenvalue weighted by molar-refractivity contribution is 7.89. The van der Waals surface area contributed by atoms with Gasteiger partial charge in [0.05, 0.1) is 34.8 Å². The Balaban J connectivity index is 2.40. The summed E-state index contributed by atoms with van der Waals surface area (Å²) in [5.41, 5.74) is 1.83. The molecule has 2 rings (SSSR count). The van der Waals surface area contributed by atoms with Gasteiger partial charge in [0.25, 0.3) is 0 Å². The smallest absolute Gasteiger partial charge is 0.246 e. The van der Waals surface area contributed by atoms with Crippen LogP contribution in [0.1, 0.15) is 30.9 Å². The number of sulfonamides is 1. The van der Waals surface area contributed by atoms with Gasteiger partial charge < -0.3 is 0 Å². The third-order valence-electron chi connectivity index (χ3n) is 3.85. The summed E-state index contributed by atoms with van der Waals surface area (Å²) in [6.45, 7) is 8.75. The highest BCUT2D eigenvalue weighted by Crippen LogP contribution is 2.25. The van der Waals surface area contributed by atoms with Crippen LogP contribution in [0, 0.1) is 13.8 Å². The maximum Gasteiger partial charge on any atom is 0.246 e. The minimum absolute atomic E-state index is 0.158. The van der Waals surface area contributed by atoms with Crippen LogP contribution in [0.3, 0.4) is 0 Å². The summed E-state index contributed by atoms with van der Waals surface area (Å²) in [4.78, 5) is 0.264. The van der Waals surface area contributed by atoms with Crippen molar-refractivity contribution in [2.45, 2.75) is 52.2 Å². The zero-order chi connectivity index (χ0) is 17.4. The van der Waals surface area contributed by atoms with Gasteiger partial charge in [-0.2, -0.15) is 14.5 Å². The van der Waals surface area contributed by atoms with Crippen LogP contribution in [0.25, 0.3) is 0 Å². The van der Waals surface area contributed by atoms with Gasteiger partial charge in [-0.15, -0.1) is 0 Å². The fraction of sp³-hybridized carbons (Fsp3) is 0.571. The molecule has 0 aliphatic heterocycles. The molecule has 0 bridgehead atoms. The number of hydrogen-bond donors (Lipinski definition) is 0. The summed E-state index contributed by atoms with van der Waals surface area (Å²) in [6, 6.07) is 0. The highest BCUT2D eigenvalue weighted by Gasteiger charge is 2.29.